The lowest BCUT2D eigenvalue weighted by Crippen LogP contribution is -2.47. The SMILES string of the molecule is Bc1c(B)c(B)c2c(oc3c(B)c(B)c(B)c(-c4c5ccccc5c(B(O)O)c5ccccc45)c32)c1B. The molecule has 0 saturated carbocycles. The summed E-state index contributed by atoms with van der Waals surface area (Å²) >= 11 is 0. The van der Waals surface area contributed by atoms with Crippen LogP contribution < -0.4 is 43.7 Å². The third-order valence-corrected chi connectivity index (χ3v) is 8.88. The molecular formula is C26H24B8O3. The summed E-state index contributed by atoms with van der Waals surface area (Å²) in [5, 5.41) is 27.0. The third kappa shape index (κ3) is 3.20. The molecule has 0 bridgehead atoms. The lowest BCUT2D eigenvalue weighted by molar-refractivity contribution is 0.426. The number of fused-ring (bicyclic) bond motifs is 5. The van der Waals surface area contributed by atoms with E-state index in [2.05, 4.69) is 67.1 Å². The molecule has 6 aromatic rings. The van der Waals surface area contributed by atoms with E-state index in [1.54, 1.807) is 0 Å². The van der Waals surface area contributed by atoms with E-state index in [-0.39, 0.29) is 0 Å². The molecule has 0 radical (unpaired) electrons. The second-order valence-electron chi connectivity index (χ2n) is 10.5. The molecule has 1 aromatic heterocycles. The molecular weight excluding hydrogens is 447 g/mol. The average molecular weight is 471 g/mol. The highest BCUT2D eigenvalue weighted by Crippen LogP contribution is 2.40. The van der Waals surface area contributed by atoms with Gasteiger partial charge in [-0.05, 0) is 38.1 Å². The summed E-state index contributed by atoms with van der Waals surface area (Å²) in [4.78, 5) is 0. The van der Waals surface area contributed by atoms with Crippen LogP contribution in [0.1, 0.15) is 0 Å². The topological polar surface area (TPSA) is 53.6 Å². The molecule has 2 N–H and O–H groups in total. The Hall–Kier alpha value is -3.14. The van der Waals surface area contributed by atoms with Crippen LogP contribution in [0.15, 0.2) is 52.9 Å². The first-order chi connectivity index (χ1) is 17.6. The van der Waals surface area contributed by atoms with Crippen LogP contribution in [0.2, 0.25) is 0 Å². The quantitative estimate of drug-likeness (QED) is 0.195. The van der Waals surface area contributed by atoms with Crippen molar-refractivity contribution in [3.63, 3.8) is 0 Å². The van der Waals surface area contributed by atoms with Crippen molar-refractivity contribution in [1.29, 1.82) is 0 Å². The highest BCUT2D eigenvalue weighted by Gasteiger charge is 2.27. The number of furan rings is 1. The van der Waals surface area contributed by atoms with Gasteiger partial charge >= 0.3 is 7.12 Å². The van der Waals surface area contributed by atoms with Crippen LogP contribution in [0, 0.1) is 0 Å². The first-order valence-electron chi connectivity index (χ1n) is 12.9. The predicted octanol–water partition coefficient (Wildman–Crippen LogP) is -6.95. The molecule has 0 spiro atoms. The van der Waals surface area contributed by atoms with Crippen LogP contribution in [-0.4, -0.2) is 72.1 Å². The van der Waals surface area contributed by atoms with Crippen LogP contribution in [-0.2, 0) is 0 Å². The molecule has 0 aliphatic carbocycles. The largest absolute Gasteiger partial charge is 0.489 e. The monoisotopic (exact) mass is 472 g/mol. The zero-order valence-corrected chi connectivity index (χ0v) is 22.5. The summed E-state index contributed by atoms with van der Waals surface area (Å²) in [7, 11) is 13.7. The Balaban J connectivity index is 1.97. The van der Waals surface area contributed by atoms with Crippen LogP contribution in [0.5, 0.6) is 0 Å². The fraction of sp³-hybridized carbons (Fsp3) is 0. The van der Waals surface area contributed by atoms with Crippen molar-refractivity contribution in [1.82, 2.24) is 0 Å². The zero-order valence-electron chi connectivity index (χ0n) is 22.5. The maximum atomic E-state index is 10.5. The van der Waals surface area contributed by atoms with E-state index < -0.39 is 7.12 Å². The van der Waals surface area contributed by atoms with Crippen LogP contribution in [0.25, 0.3) is 54.6 Å². The predicted molar refractivity (Wildman–Crippen MR) is 181 cm³/mol. The molecule has 0 unspecified atom stereocenters. The van der Waals surface area contributed by atoms with Gasteiger partial charge in [0, 0.05) is 10.8 Å². The number of hydrogen-bond donors (Lipinski definition) is 2. The molecule has 1 heterocycles. The first kappa shape index (κ1) is 24.2. The van der Waals surface area contributed by atoms with Crippen molar-refractivity contribution in [2.75, 3.05) is 0 Å². The maximum Gasteiger partial charge on any atom is 0.489 e. The van der Waals surface area contributed by atoms with Crippen molar-refractivity contribution >= 4 is 149 Å². The third-order valence-electron chi connectivity index (χ3n) is 8.88. The van der Waals surface area contributed by atoms with Crippen molar-refractivity contribution in [3.05, 3.63) is 48.5 Å². The molecule has 0 saturated heterocycles. The first-order valence-corrected chi connectivity index (χ1v) is 12.9. The lowest BCUT2D eigenvalue weighted by Gasteiger charge is -2.21. The summed E-state index contributed by atoms with van der Waals surface area (Å²) in [6, 6.07) is 16.1. The molecule has 3 nitrogen and oxygen atoms in total. The molecule has 170 valence electrons. The van der Waals surface area contributed by atoms with E-state index in [9.17, 15) is 10.0 Å². The fourth-order valence-corrected chi connectivity index (χ4v) is 6.32. The maximum absolute atomic E-state index is 10.5. The van der Waals surface area contributed by atoms with Crippen molar-refractivity contribution in [3.8, 4) is 11.1 Å². The molecule has 11 heteroatoms. The van der Waals surface area contributed by atoms with Gasteiger partial charge in [-0.15, -0.1) is 5.46 Å². The highest BCUT2D eigenvalue weighted by atomic mass is 16.4. The minimum atomic E-state index is -1.57. The molecule has 6 rings (SSSR count). The van der Waals surface area contributed by atoms with Crippen molar-refractivity contribution < 1.29 is 14.5 Å². The van der Waals surface area contributed by atoms with Gasteiger partial charge in [-0.2, -0.15) is 0 Å². The van der Waals surface area contributed by atoms with Crippen LogP contribution in [0.3, 0.4) is 0 Å². The second kappa shape index (κ2) is 8.44. The van der Waals surface area contributed by atoms with Gasteiger partial charge in [-0.3, -0.25) is 0 Å². The van der Waals surface area contributed by atoms with E-state index in [4.69, 9.17) is 4.42 Å². The fourth-order valence-electron chi connectivity index (χ4n) is 6.32. The van der Waals surface area contributed by atoms with Gasteiger partial charge in [0.05, 0.1) is 0 Å². The van der Waals surface area contributed by atoms with Gasteiger partial charge in [0.2, 0.25) is 0 Å². The van der Waals surface area contributed by atoms with Crippen molar-refractivity contribution in [2.45, 2.75) is 0 Å². The summed E-state index contributed by atoms with van der Waals surface area (Å²) in [5.41, 5.74) is 13.3. The van der Waals surface area contributed by atoms with Crippen LogP contribution >= 0.6 is 0 Å². The number of rotatable bonds is 2. The molecule has 5 aromatic carbocycles. The van der Waals surface area contributed by atoms with E-state index in [1.807, 2.05) is 36.4 Å². The van der Waals surface area contributed by atoms with E-state index in [0.29, 0.717) is 5.46 Å². The van der Waals surface area contributed by atoms with Gasteiger partial charge in [0.1, 0.15) is 66.1 Å². The minimum Gasteiger partial charge on any atom is -0.457 e. The number of hydrogen-bond acceptors (Lipinski definition) is 3. The molecule has 37 heavy (non-hydrogen) atoms. The normalized spacial score (nSPS) is 11.7. The summed E-state index contributed by atoms with van der Waals surface area (Å²) in [5.74, 6) is 0. The highest BCUT2D eigenvalue weighted by molar-refractivity contribution is 6.69. The van der Waals surface area contributed by atoms with Gasteiger partial charge in [0.25, 0.3) is 0 Å². The van der Waals surface area contributed by atoms with E-state index in [1.165, 1.54) is 38.2 Å². The van der Waals surface area contributed by atoms with Gasteiger partial charge < -0.3 is 14.5 Å². The molecule has 0 aliphatic heterocycles. The average Bonchev–Trinajstić information content (AvgIpc) is 3.29. The Morgan fingerprint density at radius 2 is 0.919 bits per heavy atom. The Bertz CT molecular complexity index is 1890. The zero-order chi connectivity index (χ0) is 26.3. The lowest BCUT2D eigenvalue weighted by atomic mass is 9.64. The molecule has 0 fully saturated rings. The standard InChI is InChI=1S/C26H24B8O3/c27-17-14(13-9-5-1-3-7-11(9)24(34(35)36)12-8-4-2-6-10(12)13)15-16-18(28)19(29)21(31)23(33)26(16)37-25(15)22(32)20(17)30/h1-8,35-36H,27-33H2. The van der Waals surface area contributed by atoms with Crippen molar-refractivity contribution in [2.24, 2.45) is 0 Å². The van der Waals surface area contributed by atoms with Gasteiger partial charge in [-0.1, -0.05) is 81.3 Å². The Morgan fingerprint density at radius 1 is 0.486 bits per heavy atom. The molecule has 0 aliphatic rings. The summed E-state index contributed by atoms with van der Waals surface area (Å²) in [6.07, 6.45) is 0. The Kier molecular flexibility index (Phi) is 5.52. The Morgan fingerprint density at radius 3 is 1.43 bits per heavy atom. The molecule has 0 amide bonds. The van der Waals surface area contributed by atoms with Gasteiger partial charge in [0.15, 0.2) is 0 Å². The summed E-state index contributed by atoms with van der Waals surface area (Å²) in [6.45, 7) is 0. The Labute approximate surface area is 223 Å². The van der Waals surface area contributed by atoms with E-state index >= 15 is 0 Å². The van der Waals surface area contributed by atoms with E-state index in [0.717, 1.165) is 54.7 Å². The van der Waals surface area contributed by atoms with Crippen LogP contribution in [0.4, 0.5) is 0 Å². The molecule has 0 atom stereocenters. The second-order valence-corrected chi connectivity index (χ2v) is 10.5. The smallest absolute Gasteiger partial charge is 0.457 e. The van der Waals surface area contributed by atoms with Gasteiger partial charge in [-0.25, -0.2) is 0 Å². The summed E-state index contributed by atoms with van der Waals surface area (Å²) < 4.78 is 6.73. The number of benzene rings is 5. The minimum absolute atomic E-state index is 0.545.